The Hall–Kier alpha value is -1.10. The molecule has 0 aromatic rings. The molecule has 58 valence electrons. The average Bonchev–Trinajstić information content (AvgIpc) is 1.87. The summed E-state index contributed by atoms with van der Waals surface area (Å²) in [6, 6.07) is 0. The van der Waals surface area contributed by atoms with Crippen molar-refractivity contribution >= 4 is 11.8 Å². The van der Waals surface area contributed by atoms with E-state index in [1.54, 1.807) is 0 Å². The van der Waals surface area contributed by atoms with E-state index in [0.29, 0.717) is 0 Å². The van der Waals surface area contributed by atoms with Gasteiger partial charge in [-0.1, -0.05) is 0 Å². The van der Waals surface area contributed by atoms with Gasteiger partial charge in [0.15, 0.2) is 0 Å². The van der Waals surface area contributed by atoms with Gasteiger partial charge in [-0.05, 0) is 0 Å². The molecule has 5 heteroatoms. The summed E-state index contributed by atoms with van der Waals surface area (Å²) in [7, 11) is 0. The van der Waals surface area contributed by atoms with Crippen LogP contribution in [0.1, 0.15) is 6.92 Å². The lowest BCUT2D eigenvalue weighted by atomic mass is 10.6. The second-order valence-corrected chi connectivity index (χ2v) is 1.71. The molecule has 0 fully saturated rings. The normalized spacial score (nSPS) is 8.60. The van der Waals surface area contributed by atoms with Crippen molar-refractivity contribution in [3.05, 3.63) is 0 Å². The molecule has 2 amide bonds. The first-order valence-corrected chi connectivity index (χ1v) is 2.88. The Bertz CT molecular complexity index is 135. The van der Waals surface area contributed by atoms with E-state index in [9.17, 15) is 9.59 Å². The molecular formula is C5H11N3O2. The number of nitrogens with two attached hydrogens (primary N) is 1. The quantitative estimate of drug-likeness (QED) is 0.408. The Morgan fingerprint density at radius 1 is 1.40 bits per heavy atom. The molecule has 0 saturated heterocycles. The van der Waals surface area contributed by atoms with Crippen LogP contribution in [-0.4, -0.2) is 25.0 Å². The molecule has 0 aromatic heterocycles. The Kier molecular flexibility index (Phi) is 4.23. The number of hydrogen-bond donors (Lipinski definition) is 3. The Morgan fingerprint density at radius 2 is 2.00 bits per heavy atom. The fourth-order valence-electron chi connectivity index (χ4n) is 0.339. The van der Waals surface area contributed by atoms with E-state index >= 15 is 0 Å². The maximum atomic E-state index is 10.4. The van der Waals surface area contributed by atoms with E-state index in [0.717, 1.165) is 0 Å². The first-order valence-electron chi connectivity index (χ1n) is 2.88. The molecule has 0 bridgehead atoms. The molecule has 0 aliphatic heterocycles. The molecule has 5 nitrogen and oxygen atoms in total. The fourth-order valence-corrected chi connectivity index (χ4v) is 0.339. The lowest BCUT2D eigenvalue weighted by molar-refractivity contribution is -0.121. The monoisotopic (exact) mass is 145 g/mol. The predicted octanol–water partition coefficient (Wildman–Crippen LogP) is -1.85. The first kappa shape index (κ1) is 8.90. The van der Waals surface area contributed by atoms with Gasteiger partial charge < -0.3 is 16.4 Å². The molecule has 0 atom stereocenters. The summed E-state index contributed by atoms with van der Waals surface area (Å²) in [6.07, 6.45) is 0. The minimum absolute atomic E-state index is 0.0560. The Morgan fingerprint density at radius 3 is 2.40 bits per heavy atom. The highest BCUT2D eigenvalue weighted by Gasteiger charge is 1.94. The number of hydrogen-bond acceptors (Lipinski definition) is 3. The minimum Gasteiger partial charge on any atom is -0.339 e. The molecule has 0 heterocycles. The third-order valence-corrected chi connectivity index (χ3v) is 0.808. The molecule has 0 aliphatic rings. The number of rotatable bonds is 3. The lowest BCUT2D eigenvalue weighted by Crippen LogP contribution is -2.39. The van der Waals surface area contributed by atoms with Crippen molar-refractivity contribution in [2.24, 2.45) is 5.73 Å². The zero-order chi connectivity index (χ0) is 7.98. The highest BCUT2D eigenvalue weighted by Crippen LogP contribution is 1.58. The first-order chi connectivity index (χ1) is 4.66. The SMILES string of the molecule is CC(=O)NCNC(=O)CN. The summed E-state index contributed by atoms with van der Waals surface area (Å²) in [5.74, 6) is -0.467. The van der Waals surface area contributed by atoms with Crippen molar-refractivity contribution in [1.82, 2.24) is 10.6 Å². The van der Waals surface area contributed by atoms with Crippen molar-refractivity contribution < 1.29 is 9.59 Å². The van der Waals surface area contributed by atoms with Crippen LogP contribution in [0.3, 0.4) is 0 Å². The van der Waals surface area contributed by atoms with Crippen LogP contribution >= 0.6 is 0 Å². The Balaban J connectivity index is 3.20. The minimum atomic E-state index is -0.284. The summed E-state index contributed by atoms with van der Waals surface area (Å²) in [6.45, 7) is 1.46. The van der Waals surface area contributed by atoms with E-state index in [-0.39, 0.29) is 25.0 Å². The van der Waals surface area contributed by atoms with Crippen LogP contribution in [0.5, 0.6) is 0 Å². The van der Waals surface area contributed by atoms with Gasteiger partial charge in [0.1, 0.15) is 0 Å². The number of carbonyl (C=O) groups is 2. The maximum Gasteiger partial charge on any atom is 0.235 e. The molecule has 0 rings (SSSR count). The van der Waals surface area contributed by atoms with Gasteiger partial charge in [0.2, 0.25) is 11.8 Å². The van der Waals surface area contributed by atoms with E-state index in [2.05, 4.69) is 10.6 Å². The Labute approximate surface area is 59.0 Å². The average molecular weight is 145 g/mol. The fraction of sp³-hybridized carbons (Fsp3) is 0.600. The van der Waals surface area contributed by atoms with Crippen LogP contribution in [0.15, 0.2) is 0 Å². The lowest BCUT2D eigenvalue weighted by Gasteiger charge is -2.02. The largest absolute Gasteiger partial charge is 0.339 e. The van der Waals surface area contributed by atoms with Gasteiger partial charge in [-0.25, -0.2) is 0 Å². The van der Waals surface area contributed by atoms with Crippen LogP contribution in [0.2, 0.25) is 0 Å². The van der Waals surface area contributed by atoms with Crippen LogP contribution in [0.4, 0.5) is 0 Å². The summed E-state index contributed by atoms with van der Waals surface area (Å²) in [5, 5.41) is 4.75. The van der Waals surface area contributed by atoms with Gasteiger partial charge in [0, 0.05) is 6.92 Å². The van der Waals surface area contributed by atoms with Crippen LogP contribution in [0.25, 0.3) is 0 Å². The highest BCUT2D eigenvalue weighted by atomic mass is 16.2. The highest BCUT2D eigenvalue weighted by molar-refractivity contribution is 5.78. The summed E-state index contributed by atoms with van der Waals surface area (Å²) >= 11 is 0. The standard InChI is InChI=1S/C5H11N3O2/c1-4(9)7-3-8-5(10)2-6/h2-3,6H2,1H3,(H,7,9)(H,8,10). The maximum absolute atomic E-state index is 10.4. The van der Waals surface area contributed by atoms with Crippen molar-refractivity contribution in [1.29, 1.82) is 0 Å². The summed E-state index contributed by atoms with van der Waals surface area (Å²) < 4.78 is 0. The molecule has 10 heavy (non-hydrogen) atoms. The van der Waals surface area contributed by atoms with Gasteiger partial charge in [-0.15, -0.1) is 0 Å². The van der Waals surface area contributed by atoms with Crippen molar-refractivity contribution in [3.63, 3.8) is 0 Å². The van der Waals surface area contributed by atoms with E-state index in [1.165, 1.54) is 6.92 Å². The molecule has 0 saturated carbocycles. The van der Waals surface area contributed by atoms with E-state index in [4.69, 9.17) is 5.73 Å². The molecule has 4 N–H and O–H groups in total. The smallest absolute Gasteiger partial charge is 0.235 e. The van der Waals surface area contributed by atoms with E-state index in [1.807, 2.05) is 0 Å². The predicted molar refractivity (Wildman–Crippen MR) is 35.9 cm³/mol. The zero-order valence-corrected chi connectivity index (χ0v) is 5.81. The zero-order valence-electron chi connectivity index (χ0n) is 5.81. The van der Waals surface area contributed by atoms with Crippen molar-refractivity contribution in [2.75, 3.05) is 13.2 Å². The second-order valence-electron chi connectivity index (χ2n) is 1.71. The van der Waals surface area contributed by atoms with Gasteiger partial charge in [-0.2, -0.15) is 0 Å². The summed E-state index contributed by atoms with van der Waals surface area (Å²) in [4.78, 5) is 20.6. The molecule has 0 radical (unpaired) electrons. The summed E-state index contributed by atoms with van der Waals surface area (Å²) in [5.41, 5.74) is 4.96. The van der Waals surface area contributed by atoms with Crippen LogP contribution < -0.4 is 16.4 Å². The third-order valence-electron chi connectivity index (χ3n) is 0.808. The molecule has 0 unspecified atom stereocenters. The van der Waals surface area contributed by atoms with Gasteiger partial charge in [-0.3, -0.25) is 9.59 Å². The van der Waals surface area contributed by atoms with Gasteiger partial charge >= 0.3 is 0 Å². The van der Waals surface area contributed by atoms with Crippen LogP contribution in [-0.2, 0) is 9.59 Å². The van der Waals surface area contributed by atoms with Crippen molar-refractivity contribution in [3.8, 4) is 0 Å². The number of amides is 2. The molecule has 0 spiro atoms. The molecular weight excluding hydrogens is 134 g/mol. The van der Waals surface area contributed by atoms with Crippen molar-refractivity contribution in [2.45, 2.75) is 6.92 Å². The van der Waals surface area contributed by atoms with E-state index < -0.39 is 0 Å². The number of carbonyl (C=O) groups excluding carboxylic acids is 2. The molecule has 0 aromatic carbocycles. The molecule has 0 aliphatic carbocycles. The topological polar surface area (TPSA) is 84.2 Å². The van der Waals surface area contributed by atoms with Crippen LogP contribution in [0, 0.1) is 0 Å². The van der Waals surface area contributed by atoms with Gasteiger partial charge in [0.25, 0.3) is 0 Å². The third kappa shape index (κ3) is 5.04. The second kappa shape index (κ2) is 4.75. The number of nitrogens with one attached hydrogen (secondary N) is 2. The van der Waals surface area contributed by atoms with Gasteiger partial charge in [0.05, 0.1) is 13.2 Å².